The van der Waals surface area contributed by atoms with Crippen molar-refractivity contribution in [2.24, 2.45) is 5.41 Å². The molecule has 0 bridgehead atoms. The second-order valence-corrected chi connectivity index (χ2v) is 8.60. The van der Waals surface area contributed by atoms with Gasteiger partial charge in [0.2, 0.25) is 10.0 Å². The molecule has 0 unspecified atom stereocenters. The van der Waals surface area contributed by atoms with Gasteiger partial charge in [0.1, 0.15) is 5.69 Å². The Kier molecular flexibility index (Phi) is 4.99. The van der Waals surface area contributed by atoms with Crippen LogP contribution in [0, 0.1) is 15.5 Å². The molecule has 2 fully saturated rings. The number of nitro groups is 1. The lowest BCUT2D eigenvalue weighted by Crippen LogP contribution is -2.40. The van der Waals surface area contributed by atoms with Gasteiger partial charge in [-0.25, -0.2) is 8.42 Å². The lowest BCUT2D eigenvalue weighted by atomic mass is 10.0. The number of hydrogen-bond donors (Lipinski definition) is 1. The summed E-state index contributed by atoms with van der Waals surface area (Å²) in [5, 5.41) is 14.6. The standard InChI is InChI=1S/C16H23N3O5S/c1-2-16(5-6-16)12-17-14-4-3-13(11-15(14)19(20)21)25(22,23)18-7-9-24-10-8-18/h3-4,11,17H,2,5-10,12H2,1H3. The Balaban J connectivity index is 1.84. The van der Waals surface area contributed by atoms with Crippen LogP contribution in [0.15, 0.2) is 23.1 Å². The van der Waals surface area contributed by atoms with Crippen LogP contribution in [-0.2, 0) is 14.8 Å². The summed E-state index contributed by atoms with van der Waals surface area (Å²) in [6, 6.07) is 4.08. The van der Waals surface area contributed by atoms with Gasteiger partial charge in [0, 0.05) is 25.7 Å². The van der Waals surface area contributed by atoms with Gasteiger partial charge >= 0.3 is 0 Å². The molecule has 138 valence electrons. The van der Waals surface area contributed by atoms with Crippen LogP contribution in [0.5, 0.6) is 0 Å². The van der Waals surface area contributed by atoms with Crippen LogP contribution in [0.25, 0.3) is 0 Å². The maximum Gasteiger partial charge on any atom is 0.293 e. The highest BCUT2D eigenvalue weighted by Gasteiger charge is 2.40. The average molecular weight is 369 g/mol. The number of sulfonamides is 1. The Morgan fingerprint density at radius 3 is 2.56 bits per heavy atom. The predicted molar refractivity (Wildman–Crippen MR) is 93.1 cm³/mol. The molecule has 1 N–H and O–H groups in total. The maximum atomic E-state index is 12.7. The Bertz CT molecular complexity index is 755. The number of ether oxygens (including phenoxy) is 1. The number of anilines is 1. The van der Waals surface area contributed by atoms with Gasteiger partial charge in [-0.05, 0) is 36.8 Å². The molecular formula is C16H23N3O5S. The predicted octanol–water partition coefficient (Wildman–Crippen LogP) is 2.22. The molecule has 0 amide bonds. The smallest absolute Gasteiger partial charge is 0.293 e. The first-order valence-electron chi connectivity index (χ1n) is 8.48. The van der Waals surface area contributed by atoms with Gasteiger partial charge in [-0.1, -0.05) is 6.92 Å². The molecule has 0 radical (unpaired) electrons. The van der Waals surface area contributed by atoms with E-state index in [0.29, 0.717) is 25.4 Å². The summed E-state index contributed by atoms with van der Waals surface area (Å²) >= 11 is 0. The van der Waals surface area contributed by atoms with E-state index in [9.17, 15) is 18.5 Å². The summed E-state index contributed by atoms with van der Waals surface area (Å²) in [6.07, 6.45) is 3.26. The molecule has 0 atom stereocenters. The average Bonchev–Trinajstić information content (AvgIpc) is 3.41. The summed E-state index contributed by atoms with van der Waals surface area (Å²) in [6.45, 7) is 3.96. The van der Waals surface area contributed by atoms with E-state index in [0.717, 1.165) is 25.3 Å². The number of rotatable bonds is 7. The minimum atomic E-state index is -3.75. The maximum absolute atomic E-state index is 12.7. The number of morpholine rings is 1. The third-order valence-corrected chi connectivity index (χ3v) is 7.03. The SMILES string of the molecule is CCC1(CNc2ccc(S(=O)(=O)N3CCOCC3)cc2[N+](=O)[O-])CC1. The minimum absolute atomic E-state index is 0.0525. The fraction of sp³-hybridized carbons (Fsp3) is 0.625. The van der Waals surface area contributed by atoms with E-state index in [2.05, 4.69) is 12.2 Å². The molecular weight excluding hydrogens is 346 g/mol. The summed E-state index contributed by atoms with van der Waals surface area (Å²) in [5.41, 5.74) is 0.388. The van der Waals surface area contributed by atoms with E-state index < -0.39 is 14.9 Å². The van der Waals surface area contributed by atoms with E-state index in [1.165, 1.54) is 16.4 Å². The zero-order valence-corrected chi connectivity index (χ0v) is 15.0. The third-order valence-electron chi connectivity index (χ3n) is 5.13. The Labute approximate surface area is 147 Å². The molecule has 1 saturated carbocycles. The van der Waals surface area contributed by atoms with Crippen LogP contribution in [0.3, 0.4) is 0 Å². The van der Waals surface area contributed by atoms with Crippen LogP contribution in [0.2, 0.25) is 0 Å². The molecule has 1 aromatic rings. The zero-order chi connectivity index (χ0) is 18.1. The molecule has 8 nitrogen and oxygen atoms in total. The lowest BCUT2D eigenvalue weighted by Gasteiger charge is -2.26. The van der Waals surface area contributed by atoms with Gasteiger partial charge in [-0.3, -0.25) is 10.1 Å². The summed E-state index contributed by atoms with van der Waals surface area (Å²) in [7, 11) is -3.75. The number of nitrogens with zero attached hydrogens (tertiary/aromatic N) is 2. The first-order valence-corrected chi connectivity index (χ1v) is 9.92. The molecule has 9 heteroatoms. The van der Waals surface area contributed by atoms with Crippen molar-refractivity contribution in [1.82, 2.24) is 4.31 Å². The molecule has 25 heavy (non-hydrogen) atoms. The number of nitrogens with one attached hydrogen (secondary N) is 1. The Morgan fingerprint density at radius 2 is 2.00 bits per heavy atom. The molecule has 1 heterocycles. The fourth-order valence-corrected chi connectivity index (χ4v) is 4.45. The van der Waals surface area contributed by atoms with E-state index in [1.54, 1.807) is 0 Å². The minimum Gasteiger partial charge on any atom is -0.379 e. The van der Waals surface area contributed by atoms with Crippen molar-refractivity contribution in [1.29, 1.82) is 0 Å². The highest BCUT2D eigenvalue weighted by atomic mass is 32.2. The monoisotopic (exact) mass is 369 g/mol. The van der Waals surface area contributed by atoms with Crippen molar-refractivity contribution in [3.8, 4) is 0 Å². The van der Waals surface area contributed by atoms with Crippen molar-refractivity contribution in [2.75, 3.05) is 38.2 Å². The van der Waals surface area contributed by atoms with Gasteiger partial charge in [0.15, 0.2) is 0 Å². The summed E-state index contributed by atoms with van der Waals surface area (Å²) in [5.74, 6) is 0. The fourth-order valence-electron chi connectivity index (χ4n) is 3.02. The van der Waals surface area contributed by atoms with Gasteiger partial charge < -0.3 is 10.1 Å². The molecule has 0 spiro atoms. The van der Waals surface area contributed by atoms with Crippen LogP contribution in [0.4, 0.5) is 11.4 Å². The van der Waals surface area contributed by atoms with Gasteiger partial charge in [-0.2, -0.15) is 4.31 Å². The van der Waals surface area contributed by atoms with Gasteiger partial charge in [-0.15, -0.1) is 0 Å². The number of benzene rings is 1. The first-order chi connectivity index (χ1) is 11.9. The van der Waals surface area contributed by atoms with E-state index in [4.69, 9.17) is 4.74 Å². The topological polar surface area (TPSA) is 102 Å². The summed E-state index contributed by atoms with van der Waals surface area (Å²) < 4.78 is 31.8. The van der Waals surface area contributed by atoms with Crippen LogP contribution in [0.1, 0.15) is 26.2 Å². The molecule has 3 rings (SSSR count). The molecule has 0 aromatic heterocycles. The second-order valence-electron chi connectivity index (χ2n) is 6.66. The highest BCUT2D eigenvalue weighted by molar-refractivity contribution is 7.89. The Hall–Kier alpha value is -1.71. The number of nitro benzene ring substituents is 1. The zero-order valence-electron chi connectivity index (χ0n) is 14.2. The van der Waals surface area contributed by atoms with E-state index in [-0.39, 0.29) is 29.1 Å². The van der Waals surface area contributed by atoms with Crippen LogP contribution in [-0.4, -0.2) is 50.5 Å². The highest BCUT2D eigenvalue weighted by Crippen LogP contribution is 2.48. The molecule has 1 aliphatic carbocycles. The second kappa shape index (κ2) is 6.89. The van der Waals surface area contributed by atoms with E-state index >= 15 is 0 Å². The van der Waals surface area contributed by atoms with Crippen LogP contribution >= 0.6 is 0 Å². The largest absolute Gasteiger partial charge is 0.379 e. The molecule has 1 saturated heterocycles. The summed E-state index contributed by atoms with van der Waals surface area (Å²) in [4.78, 5) is 10.8. The Morgan fingerprint density at radius 1 is 1.32 bits per heavy atom. The first kappa shape index (κ1) is 18.1. The third kappa shape index (κ3) is 3.78. The molecule has 2 aliphatic rings. The normalized spacial score (nSPS) is 20.2. The van der Waals surface area contributed by atoms with Crippen molar-refractivity contribution in [2.45, 2.75) is 31.1 Å². The molecule has 1 aromatic carbocycles. The lowest BCUT2D eigenvalue weighted by molar-refractivity contribution is -0.384. The van der Waals surface area contributed by atoms with Gasteiger partial charge in [0.05, 0.1) is 23.0 Å². The van der Waals surface area contributed by atoms with Crippen molar-refractivity contribution in [3.63, 3.8) is 0 Å². The van der Waals surface area contributed by atoms with Gasteiger partial charge in [0.25, 0.3) is 5.69 Å². The quantitative estimate of drug-likeness (QED) is 0.584. The van der Waals surface area contributed by atoms with Crippen molar-refractivity contribution < 1.29 is 18.1 Å². The van der Waals surface area contributed by atoms with E-state index in [1.807, 2.05) is 0 Å². The van der Waals surface area contributed by atoms with Crippen LogP contribution < -0.4 is 5.32 Å². The number of hydrogen-bond acceptors (Lipinski definition) is 6. The van der Waals surface area contributed by atoms with Crippen molar-refractivity contribution in [3.05, 3.63) is 28.3 Å². The van der Waals surface area contributed by atoms with Crippen molar-refractivity contribution >= 4 is 21.4 Å². The molecule has 1 aliphatic heterocycles.